The maximum Gasteiger partial charge on any atom is 0.291 e. The maximum atomic E-state index is 14.0. The van der Waals surface area contributed by atoms with Crippen LogP contribution in [0.15, 0.2) is 0 Å². The molecule has 41 heavy (non-hydrogen) atoms. The molecule has 4 rings (SSSR count). The molecule has 2 unspecified atom stereocenters. The van der Waals surface area contributed by atoms with Crippen molar-refractivity contribution < 1.29 is 37.1 Å². The molecular weight excluding hydrogens is 567 g/mol. The highest BCUT2D eigenvalue weighted by Crippen LogP contribution is 2.65. The highest BCUT2D eigenvalue weighted by atomic mass is 35.5. The third-order valence-corrected chi connectivity index (χ3v) is 9.76. The minimum absolute atomic E-state index is 0.0303. The number of likely N-dealkylation sites (tertiary alicyclic amines) is 1. The van der Waals surface area contributed by atoms with Gasteiger partial charge >= 0.3 is 0 Å². The predicted molar refractivity (Wildman–Crippen MR) is 142 cm³/mol. The Morgan fingerprint density at radius 1 is 1.15 bits per heavy atom. The molecule has 0 radical (unpaired) electrons. The Morgan fingerprint density at radius 3 is 2.29 bits per heavy atom. The number of hydrogen-bond donors (Lipinski definition) is 3. The van der Waals surface area contributed by atoms with Gasteiger partial charge in [-0.15, -0.1) is 0 Å². The summed E-state index contributed by atoms with van der Waals surface area (Å²) in [5, 5.41) is 6.03. The Hall–Kier alpha value is -2.57. The highest BCUT2D eigenvalue weighted by molar-refractivity contribution is 6.29. The lowest BCUT2D eigenvalue weighted by molar-refractivity contribution is -0.155. The van der Waals surface area contributed by atoms with Crippen molar-refractivity contribution in [3.05, 3.63) is 0 Å². The Labute approximate surface area is 242 Å². The highest BCUT2D eigenvalue weighted by Gasteiger charge is 2.70. The van der Waals surface area contributed by atoms with Crippen LogP contribution < -0.4 is 16.1 Å². The Kier molecular flexibility index (Phi) is 8.88. The molecule has 0 spiro atoms. The molecule has 0 aromatic rings. The number of rotatable bonds is 10. The van der Waals surface area contributed by atoms with Gasteiger partial charge in [-0.25, -0.2) is 18.2 Å². The van der Waals surface area contributed by atoms with Crippen molar-refractivity contribution in [2.24, 2.45) is 35.0 Å². The molecule has 2 aliphatic carbocycles. The van der Waals surface area contributed by atoms with Crippen molar-refractivity contribution in [3.8, 4) is 0 Å². The molecule has 2 aliphatic heterocycles. The van der Waals surface area contributed by atoms with Gasteiger partial charge in [0.25, 0.3) is 17.4 Å². The van der Waals surface area contributed by atoms with Crippen molar-refractivity contribution in [2.75, 3.05) is 19.6 Å². The third-order valence-electron chi connectivity index (χ3n) is 9.57. The zero-order valence-corrected chi connectivity index (χ0v) is 24.5. The number of carbonyl (C=O) groups is 5. The zero-order valence-electron chi connectivity index (χ0n) is 23.7. The summed E-state index contributed by atoms with van der Waals surface area (Å²) in [6.45, 7) is 7.95. The maximum absolute atomic E-state index is 14.0. The van der Waals surface area contributed by atoms with Crippen LogP contribution in [0.25, 0.3) is 0 Å². The number of amides is 5. The number of piperidine rings is 1. The summed E-state index contributed by atoms with van der Waals surface area (Å²) in [6.07, 6.45) is 0.281. The summed E-state index contributed by atoms with van der Waals surface area (Å²) in [4.78, 5) is 66.6. The van der Waals surface area contributed by atoms with E-state index in [9.17, 15) is 37.1 Å². The van der Waals surface area contributed by atoms with Crippen molar-refractivity contribution in [2.45, 2.75) is 83.4 Å². The molecule has 10 nitrogen and oxygen atoms in total. The molecule has 5 amide bonds. The SMILES string of the molecule is CCC(CC)C(NC(=O)C1CC(F)(F)C1)C(=O)N1C[C@H]2[C@@H]([C@H]1C(=O)NN(C[C@@H]1CCNC1=O)C(=O)C(F)Cl)C2(C)C. The van der Waals surface area contributed by atoms with Gasteiger partial charge in [-0.2, -0.15) is 0 Å². The topological polar surface area (TPSA) is 128 Å². The van der Waals surface area contributed by atoms with E-state index in [1.807, 2.05) is 27.7 Å². The van der Waals surface area contributed by atoms with Crippen LogP contribution in [0.4, 0.5) is 13.2 Å². The number of fused-ring (bicyclic) bond motifs is 1. The van der Waals surface area contributed by atoms with Crippen LogP contribution in [0.5, 0.6) is 0 Å². The van der Waals surface area contributed by atoms with E-state index in [4.69, 9.17) is 11.6 Å². The van der Waals surface area contributed by atoms with Crippen LogP contribution >= 0.6 is 11.6 Å². The van der Waals surface area contributed by atoms with E-state index in [1.165, 1.54) is 4.90 Å². The first-order valence-corrected chi connectivity index (χ1v) is 14.7. The molecule has 3 N–H and O–H groups in total. The molecule has 0 aromatic heterocycles. The van der Waals surface area contributed by atoms with E-state index in [-0.39, 0.29) is 42.2 Å². The lowest BCUT2D eigenvalue weighted by Gasteiger charge is -2.38. The average Bonchev–Trinajstić information content (AvgIpc) is 3.24. The van der Waals surface area contributed by atoms with E-state index < -0.39 is 71.9 Å². The van der Waals surface area contributed by atoms with Crippen LogP contribution in [0.3, 0.4) is 0 Å². The Morgan fingerprint density at radius 2 is 1.78 bits per heavy atom. The first-order valence-electron chi connectivity index (χ1n) is 14.3. The van der Waals surface area contributed by atoms with Crippen molar-refractivity contribution >= 4 is 41.1 Å². The van der Waals surface area contributed by atoms with Gasteiger partial charge in [-0.05, 0) is 29.6 Å². The third kappa shape index (κ3) is 6.15. The summed E-state index contributed by atoms with van der Waals surface area (Å²) in [6, 6.07) is -2.06. The number of hydrogen-bond acceptors (Lipinski definition) is 5. The second-order valence-electron chi connectivity index (χ2n) is 12.4. The average molecular weight is 606 g/mol. The van der Waals surface area contributed by atoms with E-state index in [2.05, 4.69) is 16.1 Å². The number of hydrazine groups is 1. The first kappa shape index (κ1) is 31.4. The largest absolute Gasteiger partial charge is 0.356 e. The van der Waals surface area contributed by atoms with Gasteiger partial charge in [0, 0.05) is 31.8 Å². The Balaban J connectivity index is 1.55. The summed E-state index contributed by atoms with van der Waals surface area (Å²) >= 11 is 5.40. The number of carbonyl (C=O) groups excluding carboxylic acids is 5. The summed E-state index contributed by atoms with van der Waals surface area (Å²) < 4.78 is 40.7. The van der Waals surface area contributed by atoms with E-state index in [1.54, 1.807) is 0 Å². The molecule has 2 saturated heterocycles. The molecule has 0 bridgehead atoms. The quantitative estimate of drug-likeness (QED) is 0.259. The van der Waals surface area contributed by atoms with Gasteiger partial charge in [0.1, 0.15) is 12.1 Å². The molecule has 14 heteroatoms. The first-order chi connectivity index (χ1) is 19.1. The van der Waals surface area contributed by atoms with Gasteiger partial charge < -0.3 is 15.5 Å². The molecular formula is C27H39ClF3N5O5. The molecule has 4 fully saturated rings. The van der Waals surface area contributed by atoms with Crippen molar-refractivity contribution in [3.63, 3.8) is 0 Å². The van der Waals surface area contributed by atoms with Gasteiger partial charge in [0.2, 0.25) is 23.6 Å². The minimum Gasteiger partial charge on any atom is -0.356 e. The number of nitrogens with one attached hydrogen (secondary N) is 3. The Bertz CT molecular complexity index is 1080. The van der Waals surface area contributed by atoms with E-state index in [0.717, 1.165) is 0 Å². The predicted octanol–water partition coefficient (Wildman–Crippen LogP) is 1.97. The lowest BCUT2D eigenvalue weighted by Crippen LogP contribution is -2.61. The van der Waals surface area contributed by atoms with Gasteiger partial charge in [-0.3, -0.25) is 29.4 Å². The molecule has 2 heterocycles. The standard InChI is InChI=1S/C27H39ClF3N5O5/c1-5-13(6-2)18(33-22(38)15-9-27(30,31)10-15)24(40)35-12-16-17(26(16,3)4)19(35)23(39)34-36(25(41)20(28)29)11-14-7-8-32-21(14)37/h13-20H,5-12H2,1-4H3,(H,32,37)(H,33,38)(H,34,39)/t14-,16-,17-,18?,19-,20?/m0/s1. The minimum atomic E-state index is -2.90. The molecule has 6 atom stereocenters. The van der Waals surface area contributed by atoms with Crippen LogP contribution in [0.1, 0.15) is 59.8 Å². The van der Waals surface area contributed by atoms with Crippen LogP contribution in [-0.2, 0) is 24.0 Å². The molecule has 2 saturated carbocycles. The second-order valence-corrected chi connectivity index (χ2v) is 12.8. The number of nitrogens with zero attached hydrogens (tertiary/aromatic N) is 2. The smallest absolute Gasteiger partial charge is 0.291 e. The van der Waals surface area contributed by atoms with Crippen molar-refractivity contribution in [1.29, 1.82) is 0 Å². The number of alkyl halides is 4. The summed E-state index contributed by atoms with van der Waals surface area (Å²) in [5.74, 6) is -8.48. The molecule has 4 aliphatic rings. The zero-order chi connectivity index (χ0) is 30.4. The fourth-order valence-electron chi connectivity index (χ4n) is 6.80. The van der Waals surface area contributed by atoms with Crippen LogP contribution in [0, 0.1) is 35.0 Å². The second kappa shape index (κ2) is 11.6. The van der Waals surface area contributed by atoms with Gasteiger partial charge in [-0.1, -0.05) is 52.1 Å². The van der Waals surface area contributed by atoms with Crippen LogP contribution in [-0.4, -0.2) is 82.7 Å². The van der Waals surface area contributed by atoms with Gasteiger partial charge in [0.05, 0.1) is 12.5 Å². The summed E-state index contributed by atoms with van der Waals surface area (Å²) in [7, 11) is 0. The van der Waals surface area contributed by atoms with E-state index >= 15 is 0 Å². The fraction of sp³-hybridized carbons (Fsp3) is 0.815. The molecule has 0 aromatic carbocycles. The van der Waals surface area contributed by atoms with Gasteiger partial charge in [0.15, 0.2) is 0 Å². The van der Waals surface area contributed by atoms with Crippen LogP contribution in [0.2, 0.25) is 0 Å². The van der Waals surface area contributed by atoms with Crippen molar-refractivity contribution in [1.82, 2.24) is 26.0 Å². The van der Waals surface area contributed by atoms with E-state index in [0.29, 0.717) is 30.8 Å². The lowest BCUT2D eigenvalue weighted by atomic mass is 9.80. The number of halogens is 4. The fourth-order valence-corrected chi connectivity index (χ4v) is 6.92. The monoisotopic (exact) mass is 605 g/mol. The molecule has 230 valence electrons. The normalized spacial score (nSPS) is 29.2. The summed E-state index contributed by atoms with van der Waals surface area (Å²) in [5.41, 5.74) is -0.326.